The number of carbonyl (C=O) groups is 1. The lowest BCUT2D eigenvalue weighted by atomic mass is 9.98. The number of ether oxygens (including phenoxy) is 1. The highest BCUT2D eigenvalue weighted by atomic mass is 35.5. The predicted molar refractivity (Wildman–Crippen MR) is 63.7 cm³/mol. The Kier molecular flexibility index (Phi) is 4.13. The van der Waals surface area contributed by atoms with Crippen LogP contribution in [-0.4, -0.2) is 19.0 Å². The van der Waals surface area contributed by atoms with Crippen molar-refractivity contribution in [3.05, 3.63) is 34.6 Å². The van der Waals surface area contributed by atoms with Crippen LogP contribution in [0.5, 0.6) is 0 Å². The van der Waals surface area contributed by atoms with E-state index in [4.69, 9.17) is 16.3 Å². The van der Waals surface area contributed by atoms with Crippen molar-refractivity contribution in [2.24, 2.45) is 5.92 Å². The maximum atomic E-state index is 13.6. The molecule has 0 spiro atoms. The monoisotopic (exact) mass is 256 g/mol. The topological polar surface area (TPSA) is 26.3 Å². The number of ketones is 1. The number of halogens is 2. The molecule has 1 aromatic carbocycles. The Hall–Kier alpha value is -0.930. The van der Waals surface area contributed by atoms with E-state index in [9.17, 15) is 9.18 Å². The summed E-state index contributed by atoms with van der Waals surface area (Å²) in [6, 6.07) is 4.74. The Balaban J connectivity index is 1.95. The van der Waals surface area contributed by atoms with E-state index in [0.29, 0.717) is 24.5 Å². The molecule has 0 saturated carbocycles. The summed E-state index contributed by atoms with van der Waals surface area (Å²) in [4.78, 5) is 11.8. The highest BCUT2D eigenvalue weighted by Gasteiger charge is 2.20. The number of carbonyl (C=O) groups excluding carboxylic acids is 1. The highest BCUT2D eigenvalue weighted by molar-refractivity contribution is 6.30. The molecule has 2 rings (SSSR count). The van der Waals surface area contributed by atoms with Gasteiger partial charge in [-0.25, -0.2) is 4.39 Å². The summed E-state index contributed by atoms with van der Waals surface area (Å²) in [7, 11) is 0. The van der Waals surface area contributed by atoms with E-state index >= 15 is 0 Å². The second-order valence-electron chi connectivity index (χ2n) is 4.36. The molecule has 1 aromatic rings. The zero-order valence-electron chi connectivity index (χ0n) is 9.42. The average molecular weight is 257 g/mol. The zero-order chi connectivity index (χ0) is 12.3. The fourth-order valence-corrected chi connectivity index (χ4v) is 2.23. The number of hydrogen-bond acceptors (Lipinski definition) is 2. The molecule has 0 aliphatic carbocycles. The van der Waals surface area contributed by atoms with Crippen LogP contribution in [0.25, 0.3) is 0 Å². The summed E-state index contributed by atoms with van der Waals surface area (Å²) in [6.45, 7) is 1.37. The minimum absolute atomic E-state index is 0.0432. The van der Waals surface area contributed by atoms with E-state index in [-0.39, 0.29) is 17.2 Å². The van der Waals surface area contributed by atoms with Crippen molar-refractivity contribution < 1.29 is 13.9 Å². The summed E-state index contributed by atoms with van der Waals surface area (Å²) in [6.07, 6.45) is 1.50. The molecule has 1 saturated heterocycles. The van der Waals surface area contributed by atoms with Gasteiger partial charge in [0.1, 0.15) is 11.6 Å². The molecule has 1 atom stereocenters. The lowest BCUT2D eigenvalue weighted by Crippen LogP contribution is -2.11. The van der Waals surface area contributed by atoms with Crippen LogP contribution in [0.1, 0.15) is 18.4 Å². The minimum atomic E-state index is -0.481. The highest BCUT2D eigenvalue weighted by Crippen LogP contribution is 2.21. The van der Waals surface area contributed by atoms with Crippen molar-refractivity contribution in [1.82, 2.24) is 0 Å². The number of hydrogen-bond donors (Lipinski definition) is 0. The molecule has 1 aliphatic heterocycles. The van der Waals surface area contributed by atoms with Crippen LogP contribution >= 0.6 is 11.6 Å². The van der Waals surface area contributed by atoms with Gasteiger partial charge in [0.2, 0.25) is 0 Å². The second kappa shape index (κ2) is 5.61. The van der Waals surface area contributed by atoms with E-state index in [0.717, 1.165) is 13.0 Å². The molecule has 0 aromatic heterocycles. The van der Waals surface area contributed by atoms with Crippen LogP contribution in [0.3, 0.4) is 0 Å². The van der Waals surface area contributed by atoms with Gasteiger partial charge in [-0.2, -0.15) is 0 Å². The summed E-state index contributed by atoms with van der Waals surface area (Å²) >= 11 is 5.66. The second-order valence-corrected chi connectivity index (χ2v) is 4.77. The van der Waals surface area contributed by atoms with Crippen LogP contribution in [0, 0.1) is 11.7 Å². The molecule has 4 heteroatoms. The third-order valence-electron chi connectivity index (χ3n) is 2.96. The van der Waals surface area contributed by atoms with E-state index in [2.05, 4.69) is 0 Å². The summed E-state index contributed by atoms with van der Waals surface area (Å²) in [5.74, 6) is -0.142. The quantitative estimate of drug-likeness (QED) is 0.828. The molecule has 2 nitrogen and oxygen atoms in total. The van der Waals surface area contributed by atoms with Crippen molar-refractivity contribution in [2.45, 2.75) is 19.3 Å². The van der Waals surface area contributed by atoms with Crippen molar-refractivity contribution >= 4 is 17.4 Å². The first-order chi connectivity index (χ1) is 8.16. The van der Waals surface area contributed by atoms with Crippen LogP contribution in [-0.2, 0) is 16.0 Å². The molecular formula is C13H14ClFO2. The van der Waals surface area contributed by atoms with Crippen molar-refractivity contribution in [1.29, 1.82) is 0 Å². The molecule has 0 radical (unpaired) electrons. The Labute approximate surface area is 105 Å². The molecule has 0 amide bonds. The molecular weight excluding hydrogens is 243 g/mol. The van der Waals surface area contributed by atoms with Gasteiger partial charge in [-0.05, 0) is 24.0 Å². The molecule has 1 unspecified atom stereocenters. The third kappa shape index (κ3) is 3.27. The summed E-state index contributed by atoms with van der Waals surface area (Å²) in [5, 5.41) is 0.0690. The molecule has 0 N–H and O–H groups in total. The third-order valence-corrected chi connectivity index (χ3v) is 3.25. The van der Waals surface area contributed by atoms with Crippen LogP contribution in [0.15, 0.2) is 18.2 Å². The van der Waals surface area contributed by atoms with Gasteiger partial charge in [-0.1, -0.05) is 23.7 Å². The Morgan fingerprint density at radius 3 is 3.06 bits per heavy atom. The van der Waals surface area contributed by atoms with Gasteiger partial charge < -0.3 is 4.74 Å². The Morgan fingerprint density at radius 1 is 1.53 bits per heavy atom. The first-order valence-electron chi connectivity index (χ1n) is 5.69. The van der Waals surface area contributed by atoms with E-state index < -0.39 is 5.82 Å². The van der Waals surface area contributed by atoms with E-state index in [1.165, 1.54) is 6.07 Å². The summed E-state index contributed by atoms with van der Waals surface area (Å²) < 4.78 is 18.8. The van der Waals surface area contributed by atoms with Gasteiger partial charge in [-0.15, -0.1) is 0 Å². The molecule has 1 heterocycles. The lowest BCUT2D eigenvalue weighted by Gasteiger charge is -2.07. The normalized spacial score (nSPS) is 19.5. The Morgan fingerprint density at radius 2 is 2.35 bits per heavy atom. The number of benzene rings is 1. The number of Topliss-reactive ketones (excluding diaryl/α,β-unsaturated/α-hetero) is 1. The summed E-state index contributed by atoms with van der Waals surface area (Å²) in [5.41, 5.74) is 0.376. The van der Waals surface area contributed by atoms with Gasteiger partial charge in [0.05, 0.1) is 5.02 Å². The number of rotatable bonds is 4. The van der Waals surface area contributed by atoms with E-state index in [1.807, 2.05) is 0 Å². The first-order valence-corrected chi connectivity index (χ1v) is 6.07. The van der Waals surface area contributed by atoms with Gasteiger partial charge >= 0.3 is 0 Å². The minimum Gasteiger partial charge on any atom is -0.381 e. The fraction of sp³-hybridized carbons (Fsp3) is 0.462. The van der Waals surface area contributed by atoms with Gasteiger partial charge in [0, 0.05) is 26.1 Å². The zero-order valence-corrected chi connectivity index (χ0v) is 10.2. The van der Waals surface area contributed by atoms with Crippen molar-refractivity contribution in [2.75, 3.05) is 13.2 Å². The van der Waals surface area contributed by atoms with Gasteiger partial charge in [-0.3, -0.25) is 4.79 Å². The average Bonchev–Trinajstić information content (AvgIpc) is 2.77. The van der Waals surface area contributed by atoms with Crippen LogP contribution in [0.4, 0.5) is 4.39 Å². The van der Waals surface area contributed by atoms with E-state index in [1.54, 1.807) is 12.1 Å². The molecule has 1 aliphatic rings. The molecule has 0 bridgehead atoms. The first kappa shape index (κ1) is 12.5. The maximum absolute atomic E-state index is 13.6. The van der Waals surface area contributed by atoms with Crippen molar-refractivity contribution in [3.63, 3.8) is 0 Å². The smallest absolute Gasteiger partial charge is 0.145 e. The Bertz CT molecular complexity index is 414. The SMILES string of the molecule is O=C(Cc1cccc(Cl)c1F)CC1CCOC1. The fourth-order valence-electron chi connectivity index (χ4n) is 2.04. The maximum Gasteiger partial charge on any atom is 0.145 e. The largest absolute Gasteiger partial charge is 0.381 e. The van der Waals surface area contributed by atoms with Gasteiger partial charge in [0.15, 0.2) is 0 Å². The van der Waals surface area contributed by atoms with Crippen LogP contribution in [0.2, 0.25) is 5.02 Å². The predicted octanol–water partition coefficient (Wildman–Crippen LogP) is 3.02. The molecule has 92 valence electrons. The lowest BCUT2D eigenvalue weighted by molar-refractivity contribution is -0.119. The molecule has 1 fully saturated rings. The van der Waals surface area contributed by atoms with Crippen molar-refractivity contribution in [3.8, 4) is 0 Å². The molecule has 17 heavy (non-hydrogen) atoms. The van der Waals surface area contributed by atoms with Crippen LogP contribution < -0.4 is 0 Å². The standard InChI is InChI=1S/C13H14ClFO2/c14-12-3-1-2-10(13(12)15)7-11(16)6-9-4-5-17-8-9/h1-3,9H,4-8H2. The van der Waals surface area contributed by atoms with Gasteiger partial charge in [0.25, 0.3) is 0 Å².